The summed E-state index contributed by atoms with van der Waals surface area (Å²) in [7, 11) is 0. The molecule has 2 aliphatic rings. The second-order valence-corrected chi connectivity index (χ2v) is 7.15. The summed E-state index contributed by atoms with van der Waals surface area (Å²) >= 11 is 0. The number of aryl methyl sites for hydroxylation is 2. The van der Waals surface area contributed by atoms with E-state index in [0.717, 1.165) is 11.5 Å². The molecule has 5 rings (SSSR count). The Morgan fingerprint density at radius 1 is 0.625 bits per heavy atom. The van der Waals surface area contributed by atoms with Crippen molar-refractivity contribution >= 4 is 35.9 Å². The Kier molecular flexibility index (Phi) is 4.67. The lowest BCUT2D eigenvalue weighted by atomic mass is 10.1. The van der Waals surface area contributed by atoms with Crippen LogP contribution < -0.4 is 0 Å². The van der Waals surface area contributed by atoms with Gasteiger partial charge in [-0.2, -0.15) is 0 Å². The molecular weight excluding hydrogens is 412 g/mol. The van der Waals surface area contributed by atoms with E-state index in [9.17, 15) is 9.59 Å². The highest BCUT2D eigenvalue weighted by Crippen LogP contribution is 2.23. The van der Waals surface area contributed by atoms with E-state index >= 15 is 0 Å². The monoisotopic (exact) mass is 428 g/mol. The number of esters is 2. The van der Waals surface area contributed by atoms with E-state index in [2.05, 4.69) is 9.98 Å². The fraction of sp³-hybridized carbons (Fsp3) is 0.0833. The lowest BCUT2D eigenvalue weighted by molar-refractivity contribution is -0.130. The molecule has 0 fully saturated rings. The highest BCUT2D eigenvalue weighted by atomic mass is 16.6. The topological polar surface area (TPSA) is 104 Å². The first-order chi connectivity index (χ1) is 15.4. The standard InChI is InChI=1S/C24H16N2O6/c1-13-3-9-17(29-13)11-19-23(27)31-21(25-19)15-5-7-16(8-6-15)22-26-20(24(28)32-22)12-18-10-4-14(2)30-18/h3-12H,1-2H3/b19-11-,20-12-. The zero-order valence-electron chi connectivity index (χ0n) is 17.1. The Morgan fingerprint density at radius 3 is 1.38 bits per heavy atom. The number of aliphatic imine (C=N–C) groups is 2. The van der Waals surface area contributed by atoms with Crippen molar-refractivity contribution in [2.24, 2.45) is 9.98 Å². The minimum atomic E-state index is -0.560. The number of carbonyl (C=O) groups excluding carboxylic acids is 2. The molecule has 0 amide bonds. The highest BCUT2D eigenvalue weighted by Gasteiger charge is 2.27. The maximum Gasteiger partial charge on any atom is 0.363 e. The predicted molar refractivity (Wildman–Crippen MR) is 115 cm³/mol. The van der Waals surface area contributed by atoms with Crippen LogP contribution in [0.25, 0.3) is 12.2 Å². The summed E-state index contributed by atoms with van der Waals surface area (Å²) in [6.45, 7) is 3.63. The van der Waals surface area contributed by atoms with Gasteiger partial charge in [-0.3, -0.25) is 0 Å². The molecular formula is C24H16N2O6. The third-order valence-electron chi connectivity index (χ3n) is 4.70. The zero-order chi connectivity index (χ0) is 22.2. The molecule has 0 radical (unpaired) electrons. The van der Waals surface area contributed by atoms with Gasteiger partial charge in [0.25, 0.3) is 0 Å². The Bertz CT molecular complexity index is 1260. The molecule has 8 nitrogen and oxygen atoms in total. The molecule has 0 aliphatic carbocycles. The first-order valence-electron chi connectivity index (χ1n) is 9.73. The van der Waals surface area contributed by atoms with Gasteiger partial charge in [-0.25, -0.2) is 19.6 Å². The van der Waals surface area contributed by atoms with Gasteiger partial charge < -0.3 is 18.3 Å². The van der Waals surface area contributed by atoms with Gasteiger partial charge in [-0.15, -0.1) is 0 Å². The second kappa shape index (κ2) is 7.66. The summed E-state index contributed by atoms with van der Waals surface area (Å²) in [6.07, 6.45) is 3.05. The Labute approximate surface area is 182 Å². The third kappa shape index (κ3) is 3.81. The fourth-order valence-electron chi connectivity index (χ4n) is 3.15. The molecule has 32 heavy (non-hydrogen) atoms. The van der Waals surface area contributed by atoms with Gasteiger partial charge in [0.2, 0.25) is 11.8 Å². The summed E-state index contributed by atoms with van der Waals surface area (Å²) in [4.78, 5) is 32.8. The number of carbonyl (C=O) groups is 2. The van der Waals surface area contributed by atoms with Gasteiger partial charge in [0.1, 0.15) is 23.0 Å². The van der Waals surface area contributed by atoms with Crippen LogP contribution in [-0.2, 0) is 19.1 Å². The van der Waals surface area contributed by atoms with Crippen LogP contribution in [0, 0.1) is 13.8 Å². The van der Waals surface area contributed by atoms with Crippen molar-refractivity contribution in [2.75, 3.05) is 0 Å². The fourth-order valence-corrected chi connectivity index (χ4v) is 3.15. The number of rotatable bonds is 4. The zero-order valence-corrected chi connectivity index (χ0v) is 17.1. The van der Waals surface area contributed by atoms with E-state index in [0.29, 0.717) is 22.6 Å². The van der Waals surface area contributed by atoms with Crippen LogP contribution in [0.4, 0.5) is 0 Å². The maximum absolute atomic E-state index is 12.1. The van der Waals surface area contributed by atoms with E-state index < -0.39 is 11.9 Å². The molecule has 0 spiro atoms. The Balaban J connectivity index is 1.36. The van der Waals surface area contributed by atoms with Crippen molar-refractivity contribution < 1.29 is 27.9 Å². The summed E-state index contributed by atoms with van der Waals surface area (Å²) in [5.74, 6) is 1.73. The molecule has 0 atom stereocenters. The molecule has 0 saturated carbocycles. The Hall–Kier alpha value is -4.46. The molecule has 4 heterocycles. The molecule has 158 valence electrons. The SMILES string of the molecule is Cc1ccc(/C=C2\N=C(c3ccc(C4=N/C(=C\c5ccc(C)o5)C(=O)O4)cc3)OC2=O)o1. The van der Waals surface area contributed by atoms with Crippen molar-refractivity contribution in [1.29, 1.82) is 0 Å². The van der Waals surface area contributed by atoms with Gasteiger partial charge in [-0.1, -0.05) is 0 Å². The van der Waals surface area contributed by atoms with Crippen LogP contribution in [-0.4, -0.2) is 23.7 Å². The molecule has 0 bridgehead atoms. The lowest BCUT2D eigenvalue weighted by Crippen LogP contribution is -2.07. The van der Waals surface area contributed by atoms with E-state index in [1.807, 2.05) is 13.8 Å². The predicted octanol–water partition coefficient (Wildman–Crippen LogP) is 4.18. The van der Waals surface area contributed by atoms with Gasteiger partial charge in [-0.05, 0) is 62.4 Å². The summed E-state index contributed by atoms with van der Waals surface area (Å²) < 4.78 is 21.4. The number of cyclic esters (lactones) is 2. The summed E-state index contributed by atoms with van der Waals surface area (Å²) in [5, 5.41) is 0. The van der Waals surface area contributed by atoms with Gasteiger partial charge in [0, 0.05) is 23.3 Å². The van der Waals surface area contributed by atoms with Gasteiger partial charge >= 0.3 is 11.9 Å². The van der Waals surface area contributed by atoms with Crippen molar-refractivity contribution in [1.82, 2.24) is 0 Å². The van der Waals surface area contributed by atoms with Crippen LogP contribution in [0.15, 0.2) is 78.7 Å². The van der Waals surface area contributed by atoms with Gasteiger partial charge in [0.15, 0.2) is 11.4 Å². The lowest BCUT2D eigenvalue weighted by Gasteiger charge is -2.02. The minimum Gasteiger partial charge on any atom is -0.462 e. The molecule has 1 aromatic carbocycles. The van der Waals surface area contributed by atoms with Crippen LogP contribution in [0.2, 0.25) is 0 Å². The molecule has 2 aromatic heterocycles. The van der Waals surface area contributed by atoms with Gasteiger partial charge in [0.05, 0.1) is 0 Å². The average molecular weight is 428 g/mol. The van der Waals surface area contributed by atoms with Crippen molar-refractivity contribution in [3.05, 3.63) is 94.1 Å². The highest BCUT2D eigenvalue weighted by molar-refractivity contribution is 6.14. The number of benzene rings is 1. The molecule has 0 N–H and O–H groups in total. The van der Waals surface area contributed by atoms with E-state index in [4.69, 9.17) is 18.3 Å². The maximum atomic E-state index is 12.1. The van der Waals surface area contributed by atoms with E-state index in [-0.39, 0.29) is 23.2 Å². The Morgan fingerprint density at radius 2 is 1.03 bits per heavy atom. The molecule has 3 aromatic rings. The van der Waals surface area contributed by atoms with Crippen molar-refractivity contribution in [3.63, 3.8) is 0 Å². The number of nitrogens with zero attached hydrogens (tertiary/aromatic N) is 2. The summed E-state index contributed by atoms with van der Waals surface area (Å²) in [5.41, 5.74) is 1.48. The summed E-state index contributed by atoms with van der Waals surface area (Å²) in [6, 6.07) is 13.9. The number of hydrogen-bond acceptors (Lipinski definition) is 8. The third-order valence-corrected chi connectivity index (χ3v) is 4.70. The van der Waals surface area contributed by atoms with Crippen molar-refractivity contribution in [3.8, 4) is 0 Å². The second-order valence-electron chi connectivity index (χ2n) is 7.15. The minimum absolute atomic E-state index is 0.149. The van der Waals surface area contributed by atoms with Crippen LogP contribution in [0.1, 0.15) is 34.2 Å². The molecule has 2 aliphatic heterocycles. The largest absolute Gasteiger partial charge is 0.462 e. The van der Waals surface area contributed by atoms with E-state index in [1.165, 1.54) is 12.2 Å². The molecule has 8 heteroatoms. The quantitative estimate of drug-likeness (QED) is 0.456. The smallest absolute Gasteiger partial charge is 0.363 e. The first kappa shape index (κ1) is 19.5. The first-order valence-corrected chi connectivity index (χ1v) is 9.73. The number of furan rings is 2. The molecule has 0 saturated heterocycles. The van der Waals surface area contributed by atoms with Crippen LogP contribution >= 0.6 is 0 Å². The van der Waals surface area contributed by atoms with E-state index in [1.54, 1.807) is 48.5 Å². The number of ether oxygens (including phenoxy) is 2. The van der Waals surface area contributed by atoms with Crippen LogP contribution in [0.5, 0.6) is 0 Å². The van der Waals surface area contributed by atoms with Crippen molar-refractivity contribution in [2.45, 2.75) is 13.8 Å². The van der Waals surface area contributed by atoms with Crippen LogP contribution in [0.3, 0.4) is 0 Å². The average Bonchev–Trinajstić information content (AvgIpc) is 3.54. The number of hydrogen-bond donors (Lipinski definition) is 0. The molecule has 0 unspecified atom stereocenters. The normalized spacial score (nSPS) is 18.2.